The molecule has 0 aromatic carbocycles. The van der Waals surface area contributed by atoms with E-state index in [2.05, 4.69) is 41.5 Å². The molecule has 0 saturated heterocycles. The summed E-state index contributed by atoms with van der Waals surface area (Å²) in [7, 11) is -3.34. The van der Waals surface area contributed by atoms with Crippen molar-refractivity contribution in [1.29, 1.82) is 0 Å². The molecule has 4 N–H and O–H groups in total. The molecule has 0 aliphatic rings. The minimum Gasteiger partial charge on any atom is -0.432 e. The van der Waals surface area contributed by atoms with Crippen LogP contribution in [0.5, 0.6) is 0 Å². The first kappa shape index (κ1) is 37.0. The summed E-state index contributed by atoms with van der Waals surface area (Å²) in [6, 6.07) is 6.08. The molecule has 7 heteroatoms. The second-order valence-electron chi connectivity index (χ2n) is 6.76. The van der Waals surface area contributed by atoms with Crippen molar-refractivity contribution in [3.8, 4) is 0 Å². The van der Waals surface area contributed by atoms with Crippen LogP contribution >= 0.6 is 0 Å². The molecule has 25 heavy (non-hydrogen) atoms. The molecule has 0 fully saturated rings. The molecule has 0 rings (SSSR count). The molecule has 0 unspecified atom stereocenters. The Labute approximate surface area is 179 Å². The number of aliphatic hydroxyl groups is 2. The molecule has 0 aromatic rings. The summed E-state index contributed by atoms with van der Waals surface area (Å²) in [5, 5.41) is 16.1. The first-order chi connectivity index (χ1) is 10.8. The van der Waals surface area contributed by atoms with Gasteiger partial charge in [0, 0.05) is 38.4 Å². The van der Waals surface area contributed by atoms with Gasteiger partial charge in [0.2, 0.25) is 0 Å². The van der Waals surface area contributed by atoms with Crippen LogP contribution in [0.4, 0.5) is 0 Å². The summed E-state index contributed by atoms with van der Waals surface area (Å²) in [4.78, 5) is 19.2. The van der Waals surface area contributed by atoms with Gasteiger partial charge < -0.3 is 19.8 Å². The van der Waals surface area contributed by atoms with Crippen LogP contribution in [0.25, 0.3) is 0 Å². The van der Waals surface area contributed by atoms with Crippen molar-refractivity contribution in [3.05, 3.63) is 0 Å². The van der Waals surface area contributed by atoms with E-state index in [1.807, 2.05) is 0 Å². The number of rotatable bonds is 6. The van der Waals surface area contributed by atoms with E-state index in [4.69, 9.17) is 10.2 Å². The predicted molar refractivity (Wildman–Crippen MR) is 114 cm³/mol. The van der Waals surface area contributed by atoms with E-state index in [0.717, 1.165) is 36.3 Å². The Morgan fingerprint density at radius 3 is 0.600 bits per heavy atom. The van der Waals surface area contributed by atoms with E-state index in [9.17, 15) is 9.59 Å². The van der Waals surface area contributed by atoms with E-state index in [1.165, 1.54) is 0 Å². The van der Waals surface area contributed by atoms with E-state index in [1.54, 1.807) is 27.7 Å². The Kier molecular flexibility index (Phi) is 34.3. The number of aliphatic hydroxyl groups excluding tert-OH is 2. The van der Waals surface area contributed by atoms with Crippen LogP contribution in [0.3, 0.4) is 0 Å². The minimum atomic E-state index is -1.67. The van der Waals surface area contributed by atoms with E-state index >= 15 is 0 Å². The maximum absolute atomic E-state index is 9.58. The standard InChI is InChI=1S/2C6H16OSi.2C3H8O.Zr/c2*1-4-8(7,5-2)6-3;2*1-3(2)4;/h2*7H,4-6H2,1-3H3;2*3-4H,1-2H3;. The zero-order chi connectivity index (χ0) is 20.4. The molecule has 0 radical (unpaired) electrons. The summed E-state index contributed by atoms with van der Waals surface area (Å²) >= 11 is 0. The third-order valence-corrected chi connectivity index (χ3v) is 11.8. The molecule has 0 aliphatic carbocycles. The fraction of sp³-hybridized carbons (Fsp3) is 1.00. The third-order valence-electron chi connectivity index (χ3n) is 3.95. The minimum absolute atomic E-state index is 0. The van der Waals surface area contributed by atoms with Gasteiger partial charge in [0.15, 0.2) is 16.6 Å². The molecule has 0 spiro atoms. The molecule has 0 heterocycles. The van der Waals surface area contributed by atoms with Crippen LogP contribution in [0.1, 0.15) is 69.2 Å². The number of hydrogen-bond acceptors (Lipinski definition) is 4. The molecule has 0 aliphatic heterocycles. The third kappa shape index (κ3) is 36.8. The van der Waals surface area contributed by atoms with Crippen LogP contribution in [0.15, 0.2) is 0 Å². The van der Waals surface area contributed by atoms with Crippen molar-refractivity contribution in [2.24, 2.45) is 0 Å². The van der Waals surface area contributed by atoms with Crippen molar-refractivity contribution in [2.75, 3.05) is 0 Å². The van der Waals surface area contributed by atoms with Gasteiger partial charge in [0.1, 0.15) is 0 Å². The Hall–Kier alpha value is 1.16. The van der Waals surface area contributed by atoms with Gasteiger partial charge in [0.05, 0.1) is 0 Å². The fourth-order valence-electron chi connectivity index (χ4n) is 1.50. The SMILES string of the molecule is CC(C)O.CC(C)O.CC[Si](O)(CC)CC.CC[Si](O)(CC)CC.[Zr]. The summed E-state index contributed by atoms with van der Waals surface area (Å²) in [6.07, 6.45) is -0.333. The van der Waals surface area contributed by atoms with Gasteiger partial charge in [-0.05, 0) is 64.0 Å². The van der Waals surface area contributed by atoms with Crippen molar-refractivity contribution >= 4 is 16.6 Å². The van der Waals surface area contributed by atoms with Crippen LogP contribution in [-0.4, -0.2) is 48.6 Å². The van der Waals surface area contributed by atoms with Crippen LogP contribution in [0, 0.1) is 0 Å². The number of hydrogen-bond donors (Lipinski definition) is 4. The fourth-order valence-corrected chi connectivity index (χ4v) is 4.50. The normalized spacial score (nSPS) is 10.6. The maximum atomic E-state index is 9.58. The van der Waals surface area contributed by atoms with E-state index < -0.39 is 16.6 Å². The largest absolute Gasteiger partial charge is 0.432 e. The molecule has 156 valence electrons. The smallest absolute Gasteiger partial charge is 0.187 e. The predicted octanol–water partition coefficient (Wildman–Crippen LogP) is 4.74. The molecule has 4 nitrogen and oxygen atoms in total. The second kappa shape index (κ2) is 23.2. The molecule has 0 aromatic heterocycles. The Morgan fingerprint density at radius 1 is 0.520 bits per heavy atom. The Morgan fingerprint density at radius 2 is 0.600 bits per heavy atom. The second-order valence-corrected chi connectivity index (χ2v) is 15.9. The molecule has 0 bridgehead atoms. The quantitative estimate of drug-likeness (QED) is 0.418. The van der Waals surface area contributed by atoms with Gasteiger partial charge in [-0.3, -0.25) is 0 Å². The molecule has 0 atom stereocenters. The van der Waals surface area contributed by atoms with E-state index in [-0.39, 0.29) is 38.4 Å². The van der Waals surface area contributed by atoms with Gasteiger partial charge >= 0.3 is 0 Å². The van der Waals surface area contributed by atoms with Crippen LogP contribution in [0.2, 0.25) is 36.3 Å². The average molecular weight is 476 g/mol. The van der Waals surface area contributed by atoms with Gasteiger partial charge in [-0.2, -0.15) is 0 Å². The van der Waals surface area contributed by atoms with Gasteiger partial charge in [-0.25, -0.2) is 0 Å². The van der Waals surface area contributed by atoms with Crippen molar-refractivity contribution in [1.82, 2.24) is 0 Å². The summed E-state index contributed by atoms with van der Waals surface area (Å²) in [5.74, 6) is 0. The van der Waals surface area contributed by atoms with Gasteiger partial charge in [0.25, 0.3) is 0 Å². The summed E-state index contributed by atoms with van der Waals surface area (Å²) < 4.78 is 0. The summed E-state index contributed by atoms with van der Waals surface area (Å²) in [6.45, 7) is 19.4. The van der Waals surface area contributed by atoms with Crippen LogP contribution < -0.4 is 0 Å². The molecular weight excluding hydrogens is 428 g/mol. The van der Waals surface area contributed by atoms with Crippen LogP contribution in [-0.2, 0) is 26.2 Å². The Balaban J connectivity index is -0.0000000739. The first-order valence-electron chi connectivity index (χ1n) is 9.64. The molecular formula is C18H48O4Si2Zr. The maximum Gasteiger partial charge on any atom is 0.187 e. The van der Waals surface area contributed by atoms with Crippen molar-refractivity contribution < 1.29 is 46.0 Å². The average Bonchev–Trinajstić information content (AvgIpc) is 2.53. The topological polar surface area (TPSA) is 80.9 Å². The first-order valence-corrected chi connectivity index (χ1v) is 14.8. The monoisotopic (exact) mass is 474 g/mol. The zero-order valence-corrected chi connectivity index (χ0v) is 23.1. The zero-order valence-electron chi connectivity index (χ0n) is 18.7. The summed E-state index contributed by atoms with van der Waals surface area (Å²) in [5.41, 5.74) is 0. The molecule has 0 amide bonds. The van der Waals surface area contributed by atoms with Crippen molar-refractivity contribution in [2.45, 2.75) is 118 Å². The van der Waals surface area contributed by atoms with Gasteiger partial charge in [-0.15, -0.1) is 0 Å². The van der Waals surface area contributed by atoms with Crippen molar-refractivity contribution in [3.63, 3.8) is 0 Å². The Bertz CT molecular complexity index is 189. The van der Waals surface area contributed by atoms with Gasteiger partial charge in [-0.1, -0.05) is 41.5 Å². The molecule has 0 saturated carbocycles. The van der Waals surface area contributed by atoms with E-state index in [0.29, 0.717) is 0 Å².